The van der Waals surface area contributed by atoms with Crippen molar-refractivity contribution >= 4 is 33.2 Å². The summed E-state index contributed by atoms with van der Waals surface area (Å²) >= 11 is 1.13. The molecule has 3 heterocycles. The van der Waals surface area contributed by atoms with Crippen LogP contribution in [0.4, 0.5) is 0 Å². The topological polar surface area (TPSA) is 84.0 Å². The largest absolute Gasteiger partial charge is 0.492 e. The molecule has 2 aromatic rings. The summed E-state index contributed by atoms with van der Waals surface area (Å²) in [5, 5.41) is 1.69. The molecular weight excluding hydrogens is 388 g/mol. The molecular formula is C18H18N2O5S2. The zero-order valence-electron chi connectivity index (χ0n) is 14.4. The first-order chi connectivity index (χ1) is 13.0. The van der Waals surface area contributed by atoms with Crippen molar-refractivity contribution in [2.75, 3.05) is 26.2 Å². The number of benzene rings is 1. The van der Waals surface area contributed by atoms with E-state index in [2.05, 4.69) is 0 Å². The smallest absolute Gasteiger partial charge is 0.252 e. The van der Waals surface area contributed by atoms with Gasteiger partial charge in [0.05, 0.1) is 18.4 Å². The number of thiophene rings is 1. The lowest BCUT2D eigenvalue weighted by Gasteiger charge is -2.20. The van der Waals surface area contributed by atoms with Gasteiger partial charge in [-0.2, -0.15) is 4.31 Å². The highest BCUT2D eigenvalue weighted by molar-refractivity contribution is 7.91. The van der Waals surface area contributed by atoms with Crippen molar-refractivity contribution in [1.82, 2.24) is 9.21 Å². The molecule has 0 unspecified atom stereocenters. The highest BCUT2D eigenvalue weighted by atomic mass is 32.2. The van der Waals surface area contributed by atoms with Crippen LogP contribution in [0.15, 0.2) is 52.1 Å². The second kappa shape index (κ2) is 7.06. The third kappa shape index (κ3) is 3.26. The van der Waals surface area contributed by atoms with Crippen molar-refractivity contribution in [2.45, 2.75) is 4.21 Å². The Hall–Kier alpha value is -2.23. The number of nitrogens with zero attached hydrogens (tertiary/aromatic N) is 2. The Morgan fingerprint density at radius 3 is 2.26 bits per heavy atom. The summed E-state index contributed by atoms with van der Waals surface area (Å²) in [6, 6.07) is 12.4. The van der Waals surface area contributed by atoms with Crippen LogP contribution in [0, 0.1) is 11.8 Å². The average molecular weight is 406 g/mol. The highest BCUT2D eigenvalue weighted by Crippen LogP contribution is 2.36. The number of likely N-dealkylation sites (tertiary alicyclic amines) is 1. The van der Waals surface area contributed by atoms with Crippen LogP contribution in [0.2, 0.25) is 0 Å². The SMILES string of the molecule is O=C1[C@H]2CN(S(=O)(=O)c3cccs3)C[C@H]2C(=O)N1CCOc1ccccc1. The van der Waals surface area contributed by atoms with Crippen molar-refractivity contribution in [1.29, 1.82) is 0 Å². The minimum absolute atomic E-state index is 0.0471. The number of fused-ring (bicyclic) bond motifs is 1. The lowest BCUT2D eigenvalue weighted by atomic mass is 10.00. The second-order valence-electron chi connectivity index (χ2n) is 6.46. The van der Waals surface area contributed by atoms with E-state index in [1.165, 1.54) is 15.3 Å². The maximum atomic E-state index is 12.6. The van der Waals surface area contributed by atoms with E-state index in [0.717, 1.165) is 11.3 Å². The van der Waals surface area contributed by atoms with Crippen molar-refractivity contribution in [3.8, 4) is 5.75 Å². The Morgan fingerprint density at radius 1 is 1.00 bits per heavy atom. The zero-order chi connectivity index (χ0) is 19.0. The zero-order valence-corrected chi connectivity index (χ0v) is 16.0. The van der Waals surface area contributed by atoms with E-state index in [4.69, 9.17) is 4.74 Å². The second-order valence-corrected chi connectivity index (χ2v) is 9.57. The number of ether oxygens (including phenoxy) is 1. The summed E-state index contributed by atoms with van der Waals surface area (Å²) in [6.45, 7) is 0.465. The van der Waals surface area contributed by atoms with Gasteiger partial charge in [0.15, 0.2) is 0 Å². The summed E-state index contributed by atoms with van der Waals surface area (Å²) in [5.41, 5.74) is 0. The van der Waals surface area contributed by atoms with E-state index >= 15 is 0 Å². The quantitative estimate of drug-likeness (QED) is 0.678. The number of hydrogen-bond donors (Lipinski definition) is 0. The molecule has 4 rings (SSSR count). The molecule has 1 aromatic heterocycles. The molecule has 2 saturated heterocycles. The Balaban J connectivity index is 1.40. The van der Waals surface area contributed by atoms with Crippen LogP contribution in [0.5, 0.6) is 5.75 Å². The summed E-state index contributed by atoms with van der Waals surface area (Å²) in [7, 11) is -3.65. The molecule has 0 spiro atoms. The van der Waals surface area contributed by atoms with Crippen LogP contribution in [-0.2, 0) is 19.6 Å². The third-order valence-corrected chi connectivity index (χ3v) is 8.07. The lowest BCUT2D eigenvalue weighted by molar-refractivity contribution is -0.140. The van der Waals surface area contributed by atoms with Gasteiger partial charge in [0.1, 0.15) is 16.6 Å². The molecule has 2 aliphatic rings. The number of rotatable bonds is 6. The summed E-state index contributed by atoms with van der Waals surface area (Å²) in [6.07, 6.45) is 0. The Labute approximate surface area is 161 Å². The maximum Gasteiger partial charge on any atom is 0.252 e. The van der Waals surface area contributed by atoms with Gasteiger partial charge in [-0.15, -0.1) is 11.3 Å². The van der Waals surface area contributed by atoms with Crippen LogP contribution in [0.25, 0.3) is 0 Å². The fourth-order valence-electron chi connectivity index (χ4n) is 3.50. The van der Waals surface area contributed by atoms with Gasteiger partial charge in [-0.05, 0) is 23.6 Å². The molecule has 2 aliphatic heterocycles. The summed E-state index contributed by atoms with van der Waals surface area (Å²) in [4.78, 5) is 26.5. The normalized spacial score (nSPS) is 23.0. The third-order valence-electron chi connectivity index (χ3n) is 4.87. The van der Waals surface area contributed by atoms with E-state index in [-0.39, 0.29) is 42.3 Å². The molecule has 2 fully saturated rings. The molecule has 0 N–H and O–H groups in total. The Bertz CT molecular complexity index is 919. The Kier molecular flexibility index (Phi) is 4.75. The summed E-state index contributed by atoms with van der Waals surface area (Å²) < 4.78 is 32.3. The van der Waals surface area contributed by atoms with E-state index in [1.807, 2.05) is 18.2 Å². The van der Waals surface area contributed by atoms with Crippen LogP contribution in [0.3, 0.4) is 0 Å². The molecule has 142 valence electrons. The number of amides is 2. The maximum absolute atomic E-state index is 12.6. The molecule has 27 heavy (non-hydrogen) atoms. The van der Waals surface area contributed by atoms with Crippen molar-refractivity contribution in [2.24, 2.45) is 11.8 Å². The first kappa shape index (κ1) is 18.1. The fourth-order valence-corrected chi connectivity index (χ4v) is 6.14. The number of sulfonamides is 1. The molecule has 0 radical (unpaired) electrons. The van der Waals surface area contributed by atoms with Crippen molar-refractivity contribution in [3.05, 3.63) is 47.8 Å². The van der Waals surface area contributed by atoms with E-state index in [9.17, 15) is 18.0 Å². The van der Waals surface area contributed by atoms with Crippen molar-refractivity contribution in [3.63, 3.8) is 0 Å². The summed E-state index contributed by atoms with van der Waals surface area (Å²) in [5.74, 6) is -1.17. The minimum Gasteiger partial charge on any atom is -0.492 e. The van der Waals surface area contributed by atoms with Gasteiger partial charge >= 0.3 is 0 Å². The fraction of sp³-hybridized carbons (Fsp3) is 0.333. The number of carbonyl (C=O) groups excluding carboxylic acids is 2. The molecule has 0 aliphatic carbocycles. The van der Waals surface area contributed by atoms with Gasteiger partial charge in [0.2, 0.25) is 11.8 Å². The first-order valence-corrected chi connectivity index (χ1v) is 10.9. The van der Waals surface area contributed by atoms with Crippen LogP contribution in [0.1, 0.15) is 0 Å². The van der Waals surface area contributed by atoms with Gasteiger partial charge in [0, 0.05) is 13.1 Å². The van der Waals surface area contributed by atoms with Gasteiger partial charge in [-0.1, -0.05) is 24.3 Å². The predicted molar refractivity (Wildman–Crippen MR) is 98.7 cm³/mol. The molecule has 2 atom stereocenters. The van der Waals surface area contributed by atoms with Gasteiger partial charge < -0.3 is 4.74 Å². The van der Waals surface area contributed by atoms with Crippen LogP contribution in [-0.4, -0.2) is 55.7 Å². The van der Waals surface area contributed by atoms with Gasteiger partial charge in [-0.3, -0.25) is 14.5 Å². The van der Waals surface area contributed by atoms with Gasteiger partial charge in [-0.25, -0.2) is 8.42 Å². The molecule has 1 aromatic carbocycles. The van der Waals surface area contributed by atoms with Crippen molar-refractivity contribution < 1.29 is 22.7 Å². The number of para-hydroxylation sites is 1. The monoisotopic (exact) mass is 406 g/mol. The minimum atomic E-state index is -3.65. The Morgan fingerprint density at radius 2 is 1.67 bits per heavy atom. The van der Waals surface area contributed by atoms with Crippen LogP contribution >= 0.6 is 11.3 Å². The van der Waals surface area contributed by atoms with E-state index < -0.39 is 21.9 Å². The molecule has 7 nitrogen and oxygen atoms in total. The number of carbonyl (C=O) groups is 2. The molecule has 2 amide bonds. The van der Waals surface area contributed by atoms with E-state index in [1.54, 1.807) is 23.6 Å². The molecule has 0 bridgehead atoms. The average Bonchev–Trinajstić information content (AvgIpc) is 3.39. The lowest BCUT2D eigenvalue weighted by Crippen LogP contribution is -2.39. The highest BCUT2D eigenvalue weighted by Gasteiger charge is 2.54. The van der Waals surface area contributed by atoms with Gasteiger partial charge in [0.25, 0.3) is 10.0 Å². The van der Waals surface area contributed by atoms with Crippen LogP contribution < -0.4 is 4.74 Å². The first-order valence-electron chi connectivity index (χ1n) is 8.55. The standard InChI is InChI=1S/C18H18N2O5S2/c21-17-14-11-19(27(23,24)16-7-4-10-26-16)12-15(14)18(22)20(17)8-9-25-13-5-2-1-3-6-13/h1-7,10,14-15H,8-9,11-12H2/t14-,15+. The number of imide groups is 1. The van der Waals surface area contributed by atoms with E-state index in [0.29, 0.717) is 5.75 Å². The number of hydrogen-bond acceptors (Lipinski definition) is 6. The molecule has 9 heteroatoms. The predicted octanol–water partition coefficient (Wildman–Crippen LogP) is 1.43. The molecule has 0 saturated carbocycles.